The Morgan fingerprint density at radius 3 is 2.00 bits per heavy atom. The smallest absolute Gasteiger partial charge is 0.266 e. The molecule has 0 saturated carbocycles. The van der Waals surface area contributed by atoms with Crippen molar-refractivity contribution in [3.05, 3.63) is 96.1 Å². The number of amides is 2. The standard InChI is InChI=1S/C23H16F2N2O3/c24-17-12-11-14(13-18(17)25)20-19-21(30-27(20)16-9-5-2-6-10-16)23(29)26(22(19)28)15-7-3-1-4-8-15/h1-13,19-21H/t19-,20+,21+/m0/s1. The molecule has 30 heavy (non-hydrogen) atoms. The molecule has 0 aromatic heterocycles. The van der Waals surface area contributed by atoms with Gasteiger partial charge in [0.15, 0.2) is 17.7 Å². The van der Waals surface area contributed by atoms with Crippen LogP contribution in [0.15, 0.2) is 78.9 Å². The van der Waals surface area contributed by atoms with E-state index in [1.807, 2.05) is 6.07 Å². The molecule has 0 radical (unpaired) electrons. The van der Waals surface area contributed by atoms with Crippen molar-refractivity contribution < 1.29 is 23.2 Å². The zero-order valence-electron chi connectivity index (χ0n) is 15.6. The summed E-state index contributed by atoms with van der Waals surface area (Å²) >= 11 is 0. The van der Waals surface area contributed by atoms with Crippen molar-refractivity contribution in [3.63, 3.8) is 0 Å². The van der Waals surface area contributed by atoms with Crippen LogP contribution in [0.25, 0.3) is 0 Å². The molecule has 2 aliphatic rings. The first kappa shape index (κ1) is 18.4. The zero-order valence-corrected chi connectivity index (χ0v) is 15.6. The zero-order chi connectivity index (χ0) is 20.8. The molecule has 5 nitrogen and oxygen atoms in total. The predicted octanol–water partition coefficient (Wildman–Crippen LogP) is 4.02. The lowest BCUT2D eigenvalue weighted by Gasteiger charge is -2.28. The van der Waals surface area contributed by atoms with Gasteiger partial charge in [-0.3, -0.25) is 14.4 Å². The van der Waals surface area contributed by atoms with Crippen molar-refractivity contribution in [2.75, 3.05) is 9.96 Å². The van der Waals surface area contributed by atoms with Crippen molar-refractivity contribution in [3.8, 4) is 0 Å². The lowest BCUT2D eigenvalue weighted by atomic mass is 9.90. The summed E-state index contributed by atoms with van der Waals surface area (Å²) in [4.78, 5) is 33.5. The molecule has 5 rings (SSSR count). The minimum Gasteiger partial charge on any atom is -0.273 e. The van der Waals surface area contributed by atoms with E-state index in [1.165, 1.54) is 11.1 Å². The van der Waals surface area contributed by atoms with Gasteiger partial charge in [-0.05, 0) is 42.0 Å². The molecule has 0 N–H and O–H groups in total. The molecule has 0 unspecified atom stereocenters. The fourth-order valence-electron chi connectivity index (χ4n) is 4.08. The number of imide groups is 1. The van der Waals surface area contributed by atoms with Gasteiger partial charge in [0, 0.05) is 0 Å². The number of hydrogen-bond acceptors (Lipinski definition) is 4. The Bertz CT molecular complexity index is 1120. The Morgan fingerprint density at radius 1 is 0.733 bits per heavy atom. The van der Waals surface area contributed by atoms with Crippen LogP contribution in [0.5, 0.6) is 0 Å². The van der Waals surface area contributed by atoms with E-state index in [9.17, 15) is 18.4 Å². The molecule has 0 bridgehead atoms. The highest BCUT2D eigenvalue weighted by atomic mass is 19.2. The van der Waals surface area contributed by atoms with Gasteiger partial charge in [0.1, 0.15) is 5.92 Å². The summed E-state index contributed by atoms with van der Waals surface area (Å²) in [6, 6.07) is 20.2. The van der Waals surface area contributed by atoms with E-state index < -0.39 is 41.5 Å². The van der Waals surface area contributed by atoms with Gasteiger partial charge in [-0.25, -0.2) is 18.7 Å². The molecule has 7 heteroatoms. The Labute approximate surface area is 171 Å². The number of rotatable bonds is 3. The van der Waals surface area contributed by atoms with Crippen molar-refractivity contribution in [2.45, 2.75) is 12.1 Å². The van der Waals surface area contributed by atoms with Crippen molar-refractivity contribution >= 4 is 23.2 Å². The van der Waals surface area contributed by atoms with Crippen molar-refractivity contribution in [1.29, 1.82) is 0 Å². The molecule has 0 spiro atoms. The highest BCUT2D eigenvalue weighted by molar-refractivity contribution is 6.23. The molecule has 150 valence electrons. The summed E-state index contributed by atoms with van der Waals surface area (Å²) in [6.45, 7) is 0. The average molecular weight is 406 g/mol. The van der Waals surface area contributed by atoms with E-state index in [4.69, 9.17) is 4.84 Å². The average Bonchev–Trinajstić information content (AvgIpc) is 3.28. The Kier molecular flexibility index (Phi) is 4.33. The molecule has 2 amide bonds. The normalized spacial score (nSPS) is 23.2. The number of hydrogen-bond donors (Lipinski definition) is 0. The number of benzene rings is 3. The van der Waals surface area contributed by atoms with Gasteiger partial charge in [0.2, 0.25) is 5.91 Å². The molecule has 0 aliphatic carbocycles. The van der Waals surface area contributed by atoms with Gasteiger partial charge >= 0.3 is 0 Å². The highest BCUT2D eigenvalue weighted by Gasteiger charge is 2.60. The molecular formula is C23H16F2N2O3. The largest absolute Gasteiger partial charge is 0.273 e. The third-order valence-corrected chi connectivity index (χ3v) is 5.43. The highest BCUT2D eigenvalue weighted by Crippen LogP contribution is 2.47. The lowest BCUT2D eigenvalue weighted by molar-refractivity contribution is -0.126. The molecule has 3 aromatic rings. The number of fused-ring (bicyclic) bond motifs is 1. The van der Waals surface area contributed by atoms with Gasteiger partial charge in [0.25, 0.3) is 5.91 Å². The first-order valence-electron chi connectivity index (χ1n) is 9.45. The van der Waals surface area contributed by atoms with Gasteiger partial charge in [-0.2, -0.15) is 0 Å². The number of hydroxylamine groups is 1. The third kappa shape index (κ3) is 2.78. The first-order valence-corrected chi connectivity index (χ1v) is 9.45. The molecule has 3 aromatic carbocycles. The Hall–Kier alpha value is -3.58. The molecule has 2 aliphatic heterocycles. The maximum Gasteiger partial charge on any atom is 0.266 e. The SMILES string of the molecule is O=C1[C@H]2[C@@H](c3ccc(F)c(F)c3)N(c3ccccc3)O[C@H]2C(=O)N1c1ccccc1. The second-order valence-corrected chi connectivity index (χ2v) is 7.18. The summed E-state index contributed by atoms with van der Waals surface area (Å²) < 4.78 is 27.6. The van der Waals surface area contributed by atoms with Gasteiger partial charge in [-0.15, -0.1) is 0 Å². The molecular weight excluding hydrogens is 390 g/mol. The second-order valence-electron chi connectivity index (χ2n) is 7.18. The first-order chi connectivity index (χ1) is 14.6. The number of nitrogens with zero attached hydrogens (tertiary/aromatic N) is 2. The van der Waals surface area contributed by atoms with E-state index >= 15 is 0 Å². The number of anilines is 2. The van der Waals surface area contributed by atoms with Crippen molar-refractivity contribution in [1.82, 2.24) is 0 Å². The van der Waals surface area contributed by atoms with Crippen molar-refractivity contribution in [2.24, 2.45) is 5.92 Å². The number of carbonyl (C=O) groups excluding carboxylic acids is 2. The van der Waals surface area contributed by atoms with E-state index in [2.05, 4.69) is 0 Å². The van der Waals surface area contributed by atoms with Crippen LogP contribution in [0.4, 0.5) is 20.2 Å². The number of para-hydroxylation sites is 2. The Morgan fingerprint density at radius 2 is 1.37 bits per heavy atom. The molecule has 2 fully saturated rings. The predicted molar refractivity (Wildman–Crippen MR) is 105 cm³/mol. The van der Waals surface area contributed by atoms with Gasteiger partial charge < -0.3 is 0 Å². The minimum atomic E-state index is -1.06. The maximum atomic E-state index is 14.0. The third-order valence-electron chi connectivity index (χ3n) is 5.43. The lowest BCUT2D eigenvalue weighted by Crippen LogP contribution is -2.37. The van der Waals surface area contributed by atoms with Crippen LogP contribution in [0.1, 0.15) is 11.6 Å². The fraction of sp³-hybridized carbons (Fsp3) is 0.130. The summed E-state index contributed by atoms with van der Waals surface area (Å²) in [5.74, 6) is -3.84. The molecule has 2 saturated heterocycles. The monoisotopic (exact) mass is 406 g/mol. The fourth-order valence-corrected chi connectivity index (χ4v) is 4.08. The Balaban J connectivity index is 1.61. The molecule has 3 atom stereocenters. The summed E-state index contributed by atoms with van der Waals surface area (Å²) in [5, 5.41) is 1.44. The second kappa shape index (κ2) is 7.03. The maximum absolute atomic E-state index is 14.0. The van der Waals surface area contributed by atoms with Crippen LogP contribution in [0.2, 0.25) is 0 Å². The van der Waals surface area contributed by atoms with E-state index in [0.717, 1.165) is 17.0 Å². The van der Waals surface area contributed by atoms with Crippen LogP contribution >= 0.6 is 0 Å². The summed E-state index contributed by atoms with van der Waals surface area (Å²) in [5.41, 5.74) is 1.40. The minimum absolute atomic E-state index is 0.348. The van der Waals surface area contributed by atoms with Crippen LogP contribution in [-0.2, 0) is 14.4 Å². The van der Waals surface area contributed by atoms with E-state index in [1.54, 1.807) is 54.6 Å². The topological polar surface area (TPSA) is 49.9 Å². The van der Waals surface area contributed by atoms with Gasteiger partial charge in [0.05, 0.1) is 17.4 Å². The summed E-state index contributed by atoms with van der Waals surface area (Å²) in [7, 11) is 0. The van der Waals surface area contributed by atoms with E-state index in [0.29, 0.717) is 16.9 Å². The molecule has 2 heterocycles. The van der Waals surface area contributed by atoms with Crippen LogP contribution in [-0.4, -0.2) is 17.9 Å². The quantitative estimate of drug-likeness (QED) is 0.617. The van der Waals surface area contributed by atoms with Gasteiger partial charge in [-0.1, -0.05) is 42.5 Å². The van der Waals surface area contributed by atoms with Crippen LogP contribution in [0.3, 0.4) is 0 Å². The number of carbonyl (C=O) groups is 2. The van der Waals surface area contributed by atoms with Crippen LogP contribution in [0, 0.1) is 17.6 Å². The summed E-state index contributed by atoms with van der Waals surface area (Å²) in [6.07, 6.45) is -1.06. The number of halogens is 2. The van der Waals surface area contributed by atoms with E-state index in [-0.39, 0.29) is 0 Å². The van der Waals surface area contributed by atoms with Crippen LogP contribution < -0.4 is 9.96 Å².